The molecule has 0 N–H and O–H groups in total. The zero-order valence-electron chi connectivity index (χ0n) is 12.5. The summed E-state index contributed by atoms with van der Waals surface area (Å²) in [6, 6.07) is -3.63. The minimum absolute atomic E-state index is 0.0378. The minimum atomic E-state index is -4.65. The van der Waals surface area contributed by atoms with E-state index in [0.29, 0.717) is 10.0 Å². The standard InChI is InChI=1S/C12H19F3N2O4/c1-6-20-9(18)7-8(12(13,14)15)17(7)16(5)10(19)21-11(2,3)4/h7-8H,6H2,1-5H3/t7-,8-,17?/m1/s1. The predicted molar refractivity (Wildman–Crippen MR) is 66.1 cm³/mol. The zero-order valence-corrected chi connectivity index (χ0v) is 12.5. The first-order valence-corrected chi connectivity index (χ1v) is 6.38. The van der Waals surface area contributed by atoms with E-state index in [4.69, 9.17) is 4.74 Å². The second-order valence-electron chi connectivity index (χ2n) is 5.57. The largest absolute Gasteiger partial charge is 0.465 e. The molecule has 1 fully saturated rings. The van der Waals surface area contributed by atoms with Crippen molar-refractivity contribution in [2.75, 3.05) is 13.7 Å². The van der Waals surface area contributed by atoms with Crippen molar-refractivity contribution in [3.63, 3.8) is 0 Å². The van der Waals surface area contributed by atoms with Gasteiger partial charge in [0.2, 0.25) is 0 Å². The lowest BCUT2D eigenvalue weighted by molar-refractivity contribution is -0.151. The van der Waals surface area contributed by atoms with Crippen LogP contribution in [0, 0.1) is 0 Å². The Labute approximate surface area is 120 Å². The highest BCUT2D eigenvalue weighted by atomic mass is 19.4. The maximum Gasteiger partial charge on any atom is 0.424 e. The van der Waals surface area contributed by atoms with E-state index < -0.39 is 35.9 Å². The summed E-state index contributed by atoms with van der Waals surface area (Å²) < 4.78 is 48.2. The molecule has 0 bridgehead atoms. The van der Waals surface area contributed by atoms with E-state index in [1.54, 1.807) is 20.8 Å². The third-order valence-electron chi connectivity index (χ3n) is 2.65. The van der Waals surface area contributed by atoms with E-state index >= 15 is 0 Å². The van der Waals surface area contributed by atoms with Crippen molar-refractivity contribution in [1.29, 1.82) is 0 Å². The summed E-state index contributed by atoms with van der Waals surface area (Å²) in [5.41, 5.74) is -0.853. The van der Waals surface area contributed by atoms with Crippen LogP contribution in [0.4, 0.5) is 18.0 Å². The Morgan fingerprint density at radius 1 is 1.24 bits per heavy atom. The van der Waals surface area contributed by atoms with E-state index in [1.807, 2.05) is 0 Å². The number of carbonyl (C=O) groups excluding carboxylic acids is 2. The van der Waals surface area contributed by atoms with Crippen LogP contribution in [-0.2, 0) is 14.3 Å². The Balaban J connectivity index is 2.84. The average Bonchev–Trinajstić information content (AvgIpc) is 3.00. The van der Waals surface area contributed by atoms with Crippen molar-refractivity contribution < 1.29 is 32.2 Å². The number of halogens is 3. The van der Waals surface area contributed by atoms with E-state index in [2.05, 4.69) is 4.74 Å². The lowest BCUT2D eigenvalue weighted by atomic mass is 10.2. The molecule has 1 aliphatic rings. The number of hydrogen-bond acceptors (Lipinski definition) is 5. The van der Waals surface area contributed by atoms with Gasteiger partial charge in [-0.15, -0.1) is 0 Å². The van der Waals surface area contributed by atoms with Gasteiger partial charge in [-0.3, -0.25) is 4.79 Å². The van der Waals surface area contributed by atoms with Gasteiger partial charge in [-0.05, 0) is 27.7 Å². The van der Waals surface area contributed by atoms with Crippen LogP contribution in [-0.4, -0.2) is 59.6 Å². The normalized spacial score (nSPS) is 25.2. The first-order chi connectivity index (χ1) is 9.40. The van der Waals surface area contributed by atoms with Crippen molar-refractivity contribution in [2.24, 2.45) is 0 Å². The summed E-state index contributed by atoms with van der Waals surface area (Å²) in [5, 5.41) is 1.26. The van der Waals surface area contributed by atoms with Crippen molar-refractivity contribution in [1.82, 2.24) is 10.0 Å². The fraction of sp³-hybridized carbons (Fsp3) is 0.833. The highest BCUT2D eigenvalue weighted by Crippen LogP contribution is 2.43. The van der Waals surface area contributed by atoms with Gasteiger partial charge in [0.05, 0.1) is 6.61 Å². The van der Waals surface area contributed by atoms with Crippen molar-refractivity contribution >= 4 is 12.1 Å². The number of nitrogens with zero attached hydrogens (tertiary/aromatic N) is 2. The second-order valence-corrected chi connectivity index (χ2v) is 5.57. The van der Waals surface area contributed by atoms with Crippen molar-refractivity contribution in [3.05, 3.63) is 0 Å². The Hall–Kier alpha value is -1.51. The molecule has 1 unspecified atom stereocenters. The lowest BCUT2D eigenvalue weighted by Crippen LogP contribution is -2.40. The summed E-state index contributed by atoms with van der Waals surface area (Å²) in [4.78, 5) is 23.3. The Kier molecular flexibility index (Phi) is 4.76. The smallest absolute Gasteiger partial charge is 0.424 e. The number of hydrazine groups is 1. The molecule has 0 aromatic carbocycles. The van der Waals surface area contributed by atoms with Crippen molar-refractivity contribution in [3.8, 4) is 0 Å². The molecular weight excluding hydrogens is 293 g/mol. The first-order valence-electron chi connectivity index (χ1n) is 6.38. The summed E-state index contributed by atoms with van der Waals surface area (Å²) in [6.07, 6.45) is -5.61. The molecule has 9 heteroatoms. The van der Waals surface area contributed by atoms with Gasteiger partial charge in [-0.1, -0.05) is 0 Å². The zero-order chi connectivity index (χ0) is 16.6. The highest BCUT2D eigenvalue weighted by molar-refractivity contribution is 5.81. The van der Waals surface area contributed by atoms with Gasteiger partial charge in [-0.2, -0.15) is 18.2 Å². The highest BCUT2D eigenvalue weighted by Gasteiger charge is 2.69. The summed E-state index contributed by atoms with van der Waals surface area (Å²) in [5.74, 6) is -1.02. The summed E-state index contributed by atoms with van der Waals surface area (Å²) >= 11 is 0. The molecule has 3 atom stereocenters. The van der Waals surface area contributed by atoms with Crippen LogP contribution in [0.1, 0.15) is 27.7 Å². The van der Waals surface area contributed by atoms with Gasteiger partial charge >= 0.3 is 18.2 Å². The fourth-order valence-corrected chi connectivity index (χ4v) is 1.81. The number of hydrogen-bond donors (Lipinski definition) is 0. The second kappa shape index (κ2) is 5.70. The topological polar surface area (TPSA) is 58.9 Å². The maximum absolute atomic E-state index is 12.9. The lowest BCUT2D eigenvalue weighted by Gasteiger charge is -2.25. The molecule has 122 valence electrons. The number of rotatable bonds is 3. The molecule has 0 aromatic rings. The number of ether oxygens (including phenoxy) is 2. The third kappa shape index (κ3) is 4.23. The molecule has 1 heterocycles. The van der Waals surface area contributed by atoms with Crippen LogP contribution in [0.5, 0.6) is 0 Å². The molecule has 1 amide bonds. The van der Waals surface area contributed by atoms with Gasteiger partial charge in [0.1, 0.15) is 5.60 Å². The van der Waals surface area contributed by atoms with Gasteiger partial charge in [0.15, 0.2) is 12.1 Å². The van der Waals surface area contributed by atoms with E-state index in [9.17, 15) is 22.8 Å². The van der Waals surface area contributed by atoms with Crippen LogP contribution in [0.3, 0.4) is 0 Å². The van der Waals surface area contributed by atoms with Gasteiger partial charge < -0.3 is 9.47 Å². The number of alkyl halides is 3. The van der Waals surface area contributed by atoms with E-state index in [1.165, 1.54) is 6.92 Å². The molecule has 6 nitrogen and oxygen atoms in total. The maximum atomic E-state index is 12.9. The Morgan fingerprint density at radius 3 is 2.14 bits per heavy atom. The molecule has 1 aliphatic heterocycles. The third-order valence-corrected chi connectivity index (χ3v) is 2.65. The summed E-state index contributed by atoms with van der Waals surface area (Å²) in [6.45, 7) is 6.22. The molecule has 0 spiro atoms. The quantitative estimate of drug-likeness (QED) is 0.589. The monoisotopic (exact) mass is 312 g/mol. The molecule has 1 saturated heterocycles. The molecule has 21 heavy (non-hydrogen) atoms. The summed E-state index contributed by atoms with van der Waals surface area (Å²) in [7, 11) is 1.12. The molecule has 0 radical (unpaired) electrons. The van der Waals surface area contributed by atoms with E-state index in [0.717, 1.165) is 7.05 Å². The first kappa shape index (κ1) is 17.5. The predicted octanol–water partition coefficient (Wildman–Crippen LogP) is 1.95. The van der Waals surface area contributed by atoms with Crippen LogP contribution in [0.15, 0.2) is 0 Å². The Morgan fingerprint density at radius 2 is 1.76 bits per heavy atom. The average molecular weight is 312 g/mol. The SMILES string of the molecule is CCOC(=O)[C@H]1[C@H](C(F)(F)F)N1N(C)C(=O)OC(C)(C)C. The minimum Gasteiger partial charge on any atom is -0.465 e. The fourth-order valence-electron chi connectivity index (χ4n) is 1.81. The van der Waals surface area contributed by atoms with Crippen LogP contribution in [0.25, 0.3) is 0 Å². The molecular formula is C12H19F3N2O4. The van der Waals surface area contributed by atoms with Gasteiger partial charge in [0.25, 0.3) is 0 Å². The number of esters is 1. The molecule has 0 saturated carbocycles. The number of amides is 1. The molecule has 1 rings (SSSR count). The van der Waals surface area contributed by atoms with E-state index in [-0.39, 0.29) is 6.61 Å². The Bertz CT molecular complexity index is 420. The van der Waals surface area contributed by atoms with Gasteiger partial charge in [0, 0.05) is 7.05 Å². The van der Waals surface area contributed by atoms with Gasteiger partial charge in [-0.25, -0.2) is 9.80 Å². The van der Waals surface area contributed by atoms with Crippen LogP contribution in [0.2, 0.25) is 0 Å². The molecule has 0 aliphatic carbocycles. The van der Waals surface area contributed by atoms with Crippen molar-refractivity contribution in [2.45, 2.75) is 51.6 Å². The van der Waals surface area contributed by atoms with Crippen LogP contribution >= 0.6 is 0 Å². The number of carbonyl (C=O) groups is 2. The van der Waals surface area contributed by atoms with Crippen LogP contribution < -0.4 is 0 Å². The molecule has 0 aromatic heterocycles.